The summed E-state index contributed by atoms with van der Waals surface area (Å²) in [5, 5.41) is 0. The predicted octanol–water partition coefficient (Wildman–Crippen LogP) is 3.54. The normalized spacial score (nSPS) is 13.0. The van der Waals surface area contributed by atoms with Crippen LogP contribution in [0.2, 0.25) is 0 Å². The van der Waals surface area contributed by atoms with Crippen LogP contribution in [0.25, 0.3) is 11.2 Å². The van der Waals surface area contributed by atoms with Gasteiger partial charge in [0.15, 0.2) is 5.65 Å². The summed E-state index contributed by atoms with van der Waals surface area (Å²) in [6.45, 7) is 7.41. The third-order valence-electron chi connectivity index (χ3n) is 3.75. The average Bonchev–Trinajstić information content (AvgIpc) is 2.70. The zero-order chi connectivity index (χ0) is 13.8. The first kappa shape index (κ1) is 13.8. The van der Waals surface area contributed by atoms with Gasteiger partial charge in [-0.25, -0.2) is 9.97 Å². The number of nitrogens with two attached hydrogens (primary N) is 1. The lowest BCUT2D eigenvalue weighted by molar-refractivity contribution is 0.397. The lowest BCUT2D eigenvalue weighted by atomic mass is 9.99. The first-order valence-electron chi connectivity index (χ1n) is 7.25. The molecule has 2 N–H and O–H groups in total. The smallest absolute Gasteiger partial charge is 0.202 e. The van der Waals surface area contributed by atoms with Crippen molar-refractivity contribution < 1.29 is 0 Å². The van der Waals surface area contributed by atoms with Gasteiger partial charge in [0, 0.05) is 12.2 Å². The van der Waals surface area contributed by atoms with Crippen LogP contribution in [0.5, 0.6) is 0 Å². The maximum atomic E-state index is 6.05. The van der Waals surface area contributed by atoms with E-state index in [0.29, 0.717) is 11.9 Å². The van der Waals surface area contributed by atoms with Crippen LogP contribution in [0.4, 0.5) is 5.95 Å². The standard InChI is InChI=1S/C15H24N4/c1-4-6-7-12(5-2)10-19-14-13(18-15(19)16)9-8-11(3)17-14/h8-9,12H,4-7,10H2,1-3H3,(H2,16,18). The Morgan fingerprint density at radius 2 is 2.05 bits per heavy atom. The first-order valence-corrected chi connectivity index (χ1v) is 7.25. The highest BCUT2D eigenvalue weighted by Crippen LogP contribution is 2.21. The summed E-state index contributed by atoms with van der Waals surface area (Å²) in [7, 11) is 0. The second kappa shape index (κ2) is 6.04. The molecule has 0 saturated carbocycles. The van der Waals surface area contributed by atoms with Crippen LogP contribution in [0, 0.1) is 12.8 Å². The van der Waals surface area contributed by atoms with Crippen molar-refractivity contribution in [3.63, 3.8) is 0 Å². The van der Waals surface area contributed by atoms with E-state index in [2.05, 4.69) is 28.4 Å². The number of aryl methyl sites for hydroxylation is 1. The molecule has 0 fully saturated rings. The highest BCUT2D eigenvalue weighted by molar-refractivity contribution is 5.74. The fraction of sp³-hybridized carbons (Fsp3) is 0.600. The van der Waals surface area contributed by atoms with Crippen LogP contribution in [-0.4, -0.2) is 14.5 Å². The summed E-state index contributed by atoms with van der Waals surface area (Å²) in [5.74, 6) is 1.24. The van der Waals surface area contributed by atoms with Gasteiger partial charge >= 0.3 is 0 Å². The number of pyridine rings is 1. The molecule has 2 rings (SSSR count). The van der Waals surface area contributed by atoms with E-state index in [1.807, 2.05) is 19.1 Å². The molecule has 2 heterocycles. The average molecular weight is 260 g/mol. The van der Waals surface area contributed by atoms with Crippen LogP contribution < -0.4 is 5.73 Å². The number of hydrogen-bond donors (Lipinski definition) is 1. The molecule has 2 aromatic heterocycles. The monoisotopic (exact) mass is 260 g/mol. The Morgan fingerprint density at radius 3 is 2.74 bits per heavy atom. The van der Waals surface area contributed by atoms with Gasteiger partial charge in [0.2, 0.25) is 5.95 Å². The second-order valence-corrected chi connectivity index (χ2v) is 5.29. The fourth-order valence-electron chi connectivity index (χ4n) is 2.47. The van der Waals surface area contributed by atoms with Crippen LogP contribution in [-0.2, 0) is 6.54 Å². The van der Waals surface area contributed by atoms with Crippen molar-refractivity contribution in [2.24, 2.45) is 5.92 Å². The molecule has 1 unspecified atom stereocenters. The molecule has 0 aromatic carbocycles. The summed E-state index contributed by atoms with van der Waals surface area (Å²) in [5.41, 5.74) is 8.88. The Hall–Kier alpha value is -1.58. The molecule has 0 aliphatic heterocycles. The molecule has 1 atom stereocenters. The Morgan fingerprint density at radius 1 is 1.26 bits per heavy atom. The number of hydrogen-bond acceptors (Lipinski definition) is 3. The molecule has 0 saturated heterocycles. The van der Waals surface area contributed by atoms with E-state index in [4.69, 9.17) is 5.73 Å². The lowest BCUT2D eigenvalue weighted by Gasteiger charge is -2.16. The number of rotatable bonds is 6. The van der Waals surface area contributed by atoms with Crippen LogP contribution in [0.15, 0.2) is 12.1 Å². The number of nitrogen functional groups attached to an aromatic ring is 1. The molecule has 2 aromatic rings. The van der Waals surface area contributed by atoms with Gasteiger partial charge in [-0.1, -0.05) is 33.1 Å². The Labute approximate surface area is 115 Å². The number of imidazole rings is 1. The molecule has 0 radical (unpaired) electrons. The van der Waals surface area contributed by atoms with E-state index in [9.17, 15) is 0 Å². The maximum absolute atomic E-state index is 6.05. The van der Waals surface area contributed by atoms with E-state index in [1.54, 1.807) is 0 Å². The van der Waals surface area contributed by atoms with Gasteiger partial charge in [-0.05, 0) is 31.4 Å². The van der Waals surface area contributed by atoms with Crippen molar-refractivity contribution in [1.29, 1.82) is 0 Å². The largest absolute Gasteiger partial charge is 0.369 e. The Bertz CT molecular complexity index is 544. The van der Waals surface area contributed by atoms with Crippen molar-refractivity contribution in [2.75, 3.05) is 5.73 Å². The molecule has 19 heavy (non-hydrogen) atoms. The van der Waals surface area contributed by atoms with Gasteiger partial charge in [-0.15, -0.1) is 0 Å². The van der Waals surface area contributed by atoms with Crippen molar-refractivity contribution >= 4 is 17.1 Å². The molecule has 104 valence electrons. The van der Waals surface area contributed by atoms with Gasteiger partial charge in [-0.3, -0.25) is 4.57 Å². The zero-order valence-corrected chi connectivity index (χ0v) is 12.2. The highest BCUT2D eigenvalue weighted by atomic mass is 15.2. The highest BCUT2D eigenvalue weighted by Gasteiger charge is 2.14. The molecule has 0 spiro atoms. The quantitative estimate of drug-likeness (QED) is 0.864. The summed E-state index contributed by atoms with van der Waals surface area (Å²) < 4.78 is 2.08. The van der Waals surface area contributed by atoms with E-state index in [1.165, 1.54) is 25.7 Å². The third-order valence-corrected chi connectivity index (χ3v) is 3.75. The molecule has 0 bridgehead atoms. The van der Waals surface area contributed by atoms with Crippen LogP contribution in [0.1, 0.15) is 45.2 Å². The number of aromatic nitrogens is 3. The van der Waals surface area contributed by atoms with Gasteiger partial charge in [0.05, 0.1) is 0 Å². The molecule has 0 aliphatic carbocycles. The first-order chi connectivity index (χ1) is 9.15. The van der Waals surface area contributed by atoms with Gasteiger partial charge in [0.25, 0.3) is 0 Å². The zero-order valence-electron chi connectivity index (χ0n) is 12.2. The molecular weight excluding hydrogens is 236 g/mol. The molecule has 0 amide bonds. The van der Waals surface area contributed by atoms with Gasteiger partial charge < -0.3 is 5.73 Å². The van der Waals surface area contributed by atoms with Crippen molar-refractivity contribution in [1.82, 2.24) is 14.5 Å². The summed E-state index contributed by atoms with van der Waals surface area (Å²) in [4.78, 5) is 8.98. The lowest BCUT2D eigenvalue weighted by Crippen LogP contribution is -2.13. The van der Waals surface area contributed by atoms with Gasteiger partial charge in [0.1, 0.15) is 5.52 Å². The minimum absolute atomic E-state index is 0.586. The van der Waals surface area contributed by atoms with Crippen LogP contribution >= 0.6 is 0 Å². The van der Waals surface area contributed by atoms with Crippen LogP contribution in [0.3, 0.4) is 0 Å². The van der Waals surface area contributed by atoms with E-state index in [-0.39, 0.29) is 0 Å². The summed E-state index contributed by atoms with van der Waals surface area (Å²) in [6.07, 6.45) is 4.94. The molecule has 4 heteroatoms. The van der Waals surface area contributed by atoms with Crippen molar-refractivity contribution in [3.05, 3.63) is 17.8 Å². The van der Waals surface area contributed by atoms with E-state index in [0.717, 1.165) is 23.4 Å². The summed E-state index contributed by atoms with van der Waals surface area (Å²) >= 11 is 0. The van der Waals surface area contributed by atoms with Crippen molar-refractivity contribution in [3.8, 4) is 0 Å². The number of nitrogens with zero attached hydrogens (tertiary/aromatic N) is 3. The van der Waals surface area contributed by atoms with Gasteiger partial charge in [-0.2, -0.15) is 0 Å². The molecule has 0 aliphatic rings. The van der Waals surface area contributed by atoms with E-state index < -0.39 is 0 Å². The summed E-state index contributed by atoms with van der Waals surface area (Å²) in [6, 6.07) is 3.98. The number of unbranched alkanes of at least 4 members (excludes halogenated alkanes) is 1. The minimum Gasteiger partial charge on any atom is -0.369 e. The Kier molecular flexibility index (Phi) is 4.40. The topological polar surface area (TPSA) is 56.7 Å². The number of anilines is 1. The molecule has 4 nitrogen and oxygen atoms in total. The van der Waals surface area contributed by atoms with Crippen molar-refractivity contribution in [2.45, 2.75) is 53.0 Å². The van der Waals surface area contributed by atoms with E-state index >= 15 is 0 Å². The maximum Gasteiger partial charge on any atom is 0.202 e. The number of fused-ring (bicyclic) bond motifs is 1. The predicted molar refractivity (Wildman–Crippen MR) is 80.0 cm³/mol. The minimum atomic E-state index is 0.586. The third kappa shape index (κ3) is 3.06. The SMILES string of the molecule is CCCCC(CC)Cn1c(N)nc2ccc(C)nc21. The molecular formula is C15H24N4. The second-order valence-electron chi connectivity index (χ2n) is 5.29. The Balaban J connectivity index is 2.27. The fourth-order valence-corrected chi connectivity index (χ4v) is 2.47.